The zero-order valence-electron chi connectivity index (χ0n) is 13.3. The van der Waals surface area contributed by atoms with Gasteiger partial charge >= 0.3 is 5.97 Å². The molecule has 1 aromatic rings. The normalized spacial score (nSPS) is 11.7. The number of ether oxygens (including phenoxy) is 1. The summed E-state index contributed by atoms with van der Waals surface area (Å²) in [5.41, 5.74) is 2.39. The Morgan fingerprint density at radius 1 is 1.45 bits per heavy atom. The third-order valence-electron chi connectivity index (χ3n) is 2.97. The number of esters is 1. The first kappa shape index (κ1) is 16.7. The van der Waals surface area contributed by atoms with E-state index in [2.05, 4.69) is 37.4 Å². The van der Waals surface area contributed by atoms with Gasteiger partial charge in [-0.2, -0.15) is 5.10 Å². The Kier molecular flexibility index (Phi) is 6.20. The first-order chi connectivity index (χ1) is 9.34. The quantitative estimate of drug-likeness (QED) is 0.614. The fourth-order valence-electron chi connectivity index (χ4n) is 2.11. The van der Waals surface area contributed by atoms with Gasteiger partial charge in [0.2, 0.25) is 0 Å². The van der Waals surface area contributed by atoms with Crippen molar-refractivity contribution in [3.8, 4) is 0 Å². The molecule has 5 nitrogen and oxygen atoms in total. The highest BCUT2D eigenvalue weighted by Crippen LogP contribution is 2.23. The first-order valence-corrected chi connectivity index (χ1v) is 7.24. The number of rotatable bonds is 7. The van der Waals surface area contributed by atoms with E-state index < -0.39 is 0 Å². The van der Waals surface area contributed by atoms with Crippen molar-refractivity contribution in [1.82, 2.24) is 15.1 Å². The number of aromatic nitrogens is 2. The van der Waals surface area contributed by atoms with Gasteiger partial charge in [0.25, 0.3) is 0 Å². The lowest BCUT2D eigenvalue weighted by Crippen LogP contribution is -2.20. The second-order valence-electron chi connectivity index (χ2n) is 6.01. The first-order valence-electron chi connectivity index (χ1n) is 7.24. The molecule has 0 radical (unpaired) electrons. The molecule has 0 aliphatic carbocycles. The van der Waals surface area contributed by atoms with Crippen molar-refractivity contribution >= 4 is 5.97 Å². The third kappa shape index (κ3) is 5.33. The monoisotopic (exact) mass is 281 g/mol. The van der Waals surface area contributed by atoms with Crippen LogP contribution in [0.5, 0.6) is 0 Å². The molecule has 0 amide bonds. The van der Waals surface area contributed by atoms with Crippen LogP contribution in [0, 0.1) is 0 Å². The van der Waals surface area contributed by atoms with E-state index in [9.17, 15) is 4.79 Å². The Morgan fingerprint density at radius 2 is 2.15 bits per heavy atom. The van der Waals surface area contributed by atoms with Crippen molar-refractivity contribution in [2.24, 2.45) is 7.05 Å². The lowest BCUT2D eigenvalue weighted by atomic mass is 9.89. The van der Waals surface area contributed by atoms with Crippen LogP contribution in [0.15, 0.2) is 6.20 Å². The third-order valence-corrected chi connectivity index (χ3v) is 2.97. The lowest BCUT2D eigenvalue weighted by molar-refractivity contribution is -0.143. The van der Waals surface area contributed by atoms with Crippen LogP contribution in [0.2, 0.25) is 0 Å². The van der Waals surface area contributed by atoms with E-state index in [1.165, 1.54) is 5.56 Å². The smallest absolute Gasteiger partial charge is 0.305 e. The standard InChI is InChI=1S/C15H27N3O2/c1-6-20-13(19)8-7-9-16-10-12-11-18(5)17-14(12)15(2,3)4/h11,16H,6-10H2,1-5H3. The summed E-state index contributed by atoms with van der Waals surface area (Å²) >= 11 is 0. The van der Waals surface area contributed by atoms with E-state index in [1.807, 2.05) is 18.7 Å². The SMILES string of the molecule is CCOC(=O)CCCNCc1cn(C)nc1C(C)(C)C. The Morgan fingerprint density at radius 3 is 2.75 bits per heavy atom. The maximum atomic E-state index is 11.2. The number of nitrogens with one attached hydrogen (secondary N) is 1. The van der Waals surface area contributed by atoms with Gasteiger partial charge in [0.05, 0.1) is 12.3 Å². The van der Waals surface area contributed by atoms with Gasteiger partial charge in [-0.05, 0) is 19.9 Å². The number of hydrogen-bond acceptors (Lipinski definition) is 4. The minimum absolute atomic E-state index is 0.0448. The van der Waals surface area contributed by atoms with Crippen LogP contribution >= 0.6 is 0 Å². The van der Waals surface area contributed by atoms with Gasteiger partial charge in [-0.15, -0.1) is 0 Å². The minimum atomic E-state index is -0.119. The maximum Gasteiger partial charge on any atom is 0.305 e. The van der Waals surface area contributed by atoms with Crippen molar-refractivity contribution in [3.05, 3.63) is 17.5 Å². The molecule has 0 aliphatic rings. The molecule has 0 aromatic carbocycles. The average molecular weight is 281 g/mol. The van der Waals surface area contributed by atoms with E-state index in [0.29, 0.717) is 13.0 Å². The van der Waals surface area contributed by atoms with Gasteiger partial charge in [-0.3, -0.25) is 9.48 Å². The zero-order valence-corrected chi connectivity index (χ0v) is 13.3. The number of hydrogen-bond donors (Lipinski definition) is 1. The molecule has 1 heterocycles. The maximum absolute atomic E-state index is 11.2. The summed E-state index contributed by atoms with van der Waals surface area (Å²) in [6, 6.07) is 0. The number of carbonyl (C=O) groups excluding carboxylic acids is 1. The fourth-order valence-corrected chi connectivity index (χ4v) is 2.11. The van der Waals surface area contributed by atoms with Gasteiger partial charge < -0.3 is 10.1 Å². The Hall–Kier alpha value is -1.36. The van der Waals surface area contributed by atoms with Crippen LogP contribution in [-0.4, -0.2) is 28.9 Å². The molecule has 0 bridgehead atoms. The Balaban J connectivity index is 2.38. The summed E-state index contributed by atoms with van der Waals surface area (Å²) in [6.07, 6.45) is 3.32. The second-order valence-corrected chi connectivity index (χ2v) is 6.01. The lowest BCUT2D eigenvalue weighted by Gasteiger charge is -2.17. The van der Waals surface area contributed by atoms with Crippen molar-refractivity contribution in [1.29, 1.82) is 0 Å². The van der Waals surface area contributed by atoms with Crippen LogP contribution in [-0.2, 0) is 28.5 Å². The predicted molar refractivity (Wildman–Crippen MR) is 79.5 cm³/mol. The van der Waals surface area contributed by atoms with Crippen LogP contribution in [0.1, 0.15) is 51.8 Å². The Labute approximate surface area is 121 Å². The summed E-state index contributed by atoms with van der Waals surface area (Å²) < 4.78 is 6.75. The van der Waals surface area contributed by atoms with E-state index in [1.54, 1.807) is 0 Å². The molecule has 5 heteroatoms. The molecule has 1 N–H and O–H groups in total. The van der Waals surface area contributed by atoms with Crippen molar-refractivity contribution in [2.75, 3.05) is 13.2 Å². The number of carbonyl (C=O) groups is 1. The topological polar surface area (TPSA) is 56.1 Å². The molecule has 0 aliphatic heterocycles. The number of aryl methyl sites for hydroxylation is 1. The molecule has 0 saturated heterocycles. The summed E-state index contributed by atoms with van der Waals surface area (Å²) in [6.45, 7) is 10.4. The fraction of sp³-hybridized carbons (Fsp3) is 0.733. The average Bonchev–Trinajstić information content (AvgIpc) is 2.70. The highest BCUT2D eigenvalue weighted by atomic mass is 16.5. The van der Waals surface area contributed by atoms with E-state index in [0.717, 1.165) is 25.2 Å². The van der Waals surface area contributed by atoms with Gasteiger partial charge in [-0.25, -0.2) is 0 Å². The number of nitrogens with zero attached hydrogens (tertiary/aromatic N) is 2. The summed E-state index contributed by atoms with van der Waals surface area (Å²) in [5, 5.41) is 7.90. The van der Waals surface area contributed by atoms with Gasteiger partial charge in [0.1, 0.15) is 0 Å². The van der Waals surface area contributed by atoms with Crippen molar-refractivity contribution in [3.63, 3.8) is 0 Å². The van der Waals surface area contributed by atoms with Crippen molar-refractivity contribution < 1.29 is 9.53 Å². The largest absolute Gasteiger partial charge is 0.466 e. The molecule has 0 saturated carbocycles. The molecule has 1 rings (SSSR count). The molecule has 114 valence electrons. The van der Waals surface area contributed by atoms with Crippen LogP contribution in [0.25, 0.3) is 0 Å². The second kappa shape index (κ2) is 7.43. The van der Waals surface area contributed by atoms with Gasteiger partial charge in [-0.1, -0.05) is 20.8 Å². The highest BCUT2D eigenvalue weighted by molar-refractivity contribution is 5.69. The van der Waals surface area contributed by atoms with Crippen LogP contribution in [0.4, 0.5) is 0 Å². The molecule has 0 atom stereocenters. The molecular formula is C15H27N3O2. The van der Waals surface area contributed by atoms with Crippen molar-refractivity contribution in [2.45, 2.75) is 52.5 Å². The van der Waals surface area contributed by atoms with Gasteiger partial charge in [0, 0.05) is 37.2 Å². The van der Waals surface area contributed by atoms with Crippen LogP contribution in [0.3, 0.4) is 0 Å². The van der Waals surface area contributed by atoms with Gasteiger partial charge in [0.15, 0.2) is 0 Å². The Bertz CT molecular complexity index is 433. The molecule has 0 fully saturated rings. The molecule has 1 aromatic heterocycles. The molecule has 0 spiro atoms. The summed E-state index contributed by atoms with van der Waals surface area (Å²) in [4.78, 5) is 11.2. The summed E-state index contributed by atoms with van der Waals surface area (Å²) in [5.74, 6) is -0.119. The summed E-state index contributed by atoms with van der Waals surface area (Å²) in [7, 11) is 1.94. The van der Waals surface area contributed by atoms with Crippen LogP contribution < -0.4 is 5.32 Å². The van der Waals surface area contributed by atoms with E-state index >= 15 is 0 Å². The van der Waals surface area contributed by atoms with E-state index in [4.69, 9.17) is 4.74 Å². The van der Waals surface area contributed by atoms with E-state index in [-0.39, 0.29) is 11.4 Å². The molecule has 20 heavy (non-hydrogen) atoms. The molecular weight excluding hydrogens is 254 g/mol. The molecule has 0 unspecified atom stereocenters. The zero-order chi connectivity index (χ0) is 15.2. The predicted octanol–water partition coefficient (Wildman–Crippen LogP) is 2.15. The minimum Gasteiger partial charge on any atom is -0.466 e. The highest BCUT2D eigenvalue weighted by Gasteiger charge is 2.21.